The largest absolute Gasteiger partial charge is 0.361 e. The molecule has 33 heavy (non-hydrogen) atoms. The van der Waals surface area contributed by atoms with Crippen LogP contribution in [0.1, 0.15) is 35.4 Å². The summed E-state index contributed by atoms with van der Waals surface area (Å²) in [6.45, 7) is 5.40. The molecular weight excluding hydrogens is 450 g/mol. The van der Waals surface area contributed by atoms with Gasteiger partial charge in [-0.15, -0.1) is 11.3 Å². The number of fused-ring (bicyclic) bond motifs is 1. The summed E-state index contributed by atoms with van der Waals surface area (Å²) in [5.74, 6) is 0.575. The first-order valence-electron chi connectivity index (χ1n) is 11.5. The van der Waals surface area contributed by atoms with Crippen LogP contribution in [0, 0.1) is 6.92 Å². The van der Waals surface area contributed by atoms with Gasteiger partial charge in [-0.1, -0.05) is 17.7 Å². The molecule has 2 aromatic carbocycles. The van der Waals surface area contributed by atoms with Gasteiger partial charge in [0.15, 0.2) is 0 Å². The number of aryl methyl sites for hydroxylation is 1. The van der Waals surface area contributed by atoms with Crippen LogP contribution >= 0.6 is 22.9 Å². The standard InChI is InChI=1S/C27H28ClN3OS/c1-19-4-6-23(31(18-32)27-3-2-14-33-27)15-21(19)10-13-30-11-8-20(9-12-30)25-17-29-26-7-5-22(28)16-24(25)26/h2-7,14-18,20,29H,8-13H2,1H3. The predicted molar refractivity (Wildman–Crippen MR) is 139 cm³/mol. The van der Waals surface area contributed by atoms with Crippen molar-refractivity contribution < 1.29 is 4.79 Å². The highest BCUT2D eigenvalue weighted by atomic mass is 35.5. The molecule has 170 valence electrons. The summed E-state index contributed by atoms with van der Waals surface area (Å²) in [5.41, 5.74) is 6.09. The van der Waals surface area contributed by atoms with Crippen LogP contribution in [-0.4, -0.2) is 35.9 Å². The van der Waals surface area contributed by atoms with E-state index in [1.54, 1.807) is 16.2 Å². The maximum Gasteiger partial charge on any atom is 0.219 e. The zero-order chi connectivity index (χ0) is 22.8. The van der Waals surface area contributed by atoms with Crippen LogP contribution in [-0.2, 0) is 11.2 Å². The molecular formula is C27H28ClN3OS. The van der Waals surface area contributed by atoms with Gasteiger partial charge in [0.25, 0.3) is 0 Å². The second-order valence-electron chi connectivity index (χ2n) is 8.84. The van der Waals surface area contributed by atoms with Crippen LogP contribution in [0.25, 0.3) is 10.9 Å². The number of benzene rings is 2. The van der Waals surface area contributed by atoms with Crippen LogP contribution in [0.3, 0.4) is 0 Å². The topological polar surface area (TPSA) is 39.3 Å². The molecule has 0 spiro atoms. The Kier molecular flexibility index (Phi) is 6.54. The molecule has 0 aliphatic carbocycles. The quantitative estimate of drug-likeness (QED) is 0.294. The summed E-state index contributed by atoms with van der Waals surface area (Å²) < 4.78 is 0. The van der Waals surface area contributed by atoms with Crippen molar-refractivity contribution in [2.75, 3.05) is 24.5 Å². The monoisotopic (exact) mass is 477 g/mol. The Morgan fingerprint density at radius 2 is 2.03 bits per heavy atom. The number of rotatable bonds is 7. The summed E-state index contributed by atoms with van der Waals surface area (Å²) >= 11 is 7.82. The fourth-order valence-corrected chi connectivity index (χ4v) is 5.81. The molecule has 1 amide bonds. The first kappa shape index (κ1) is 22.2. The fraction of sp³-hybridized carbons (Fsp3) is 0.296. The number of aromatic nitrogens is 1. The number of hydrogen-bond acceptors (Lipinski definition) is 3. The van der Waals surface area contributed by atoms with E-state index in [1.807, 2.05) is 29.6 Å². The second kappa shape index (κ2) is 9.72. The summed E-state index contributed by atoms with van der Waals surface area (Å²) in [6.07, 6.45) is 6.39. The molecule has 0 unspecified atom stereocenters. The van der Waals surface area contributed by atoms with Crippen LogP contribution in [0.5, 0.6) is 0 Å². The molecule has 1 N–H and O–H groups in total. The van der Waals surface area contributed by atoms with Gasteiger partial charge in [-0.2, -0.15) is 0 Å². The lowest BCUT2D eigenvalue weighted by Crippen LogP contribution is -2.34. The normalized spacial score (nSPS) is 15.2. The van der Waals surface area contributed by atoms with Crippen molar-refractivity contribution in [1.29, 1.82) is 0 Å². The number of anilines is 2. The number of aromatic amines is 1. The molecule has 1 saturated heterocycles. The first-order chi connectivity index (χ1) is 16.1. The van der Waals surface area contributed by atoms with Crippen molar-refractivity contribution in [1.82, 2.24) is 9.88 Å². The lowest BCUT2D eigenvalue weighted by Gasteiger charge is -2.32. The fourth-order valence-electron chi connectivity index (χ4n) is 4.92. The Balaban J connectivity index is 1.22. The molecule has 1 fully saturated rings. The molecule has 0 atom stereocenters. The number of halogens is 1. The maximum atomic E-state index is 11.7. The van der Waals surface area contributed by atoms with E-state index in [1.165, 1.54) is 27.6 Å². The van der Waals surface area contributed by atoms with Crippen molar-refractivity contribution >= 4 is 50.9 Å². The lowest BCUT2D eigenvalue weighted by molar-refractivity contribution is -0.106. The summed E-state index contributed by atoms with van der Waals surface area (Å²) in [7, 11) is 0. The second-order valence-corrected chi connectivity index (χ2v) is 10.2. The van der Waals surface area contributed by atoms with Gasteiger partial charge in [0.2, 0.25) is 6.41 Å². The van der Waals surface area contributed by atoms with Crippen molar-refractivity contribution in [2.45, 2.75) is 32.1 Å². The van der Waals surface area contributed by atoms with Crippen LogP contribution in [0.4, 0.5) is 10.7 Å². The SMILES string of the molecule is Cc1ccc(N(C=O)c2cccs2)cc1CCN1CCC(c2c[nH]c3ccc(Cl)cc23)CC1. The van der Waals surface area contributed by atoms with Crippen LogP contribution in [0.2, 0.25) is 5.02 Å². The number of thiophene rings is 1. The number of likely N-dealkylation sites (tertiary alicyclic amines) is 1. The van der Waals surface area contributed by atoms with Gasteiger partial charge >= 0.3 is 0 Å². The van der Waals surface area contributed by atoms with E-state index in [0.717, 1.165) is 61.0 Å². The van der Waals surface area contributed by atoms with Crippen molar-refractivity contribution in [2.24, 2.45) is 0 Å². The van der Waals surface area contributed by atoms with E-state index in [0.29, 0.717) is 5.92 Å². The molecule has 1 aliphatic heterocycles. The van der Waals surface area contributed by atoms with Gasteiger partial charge in [-0.25, -0.2) is 0 Å². The molecule has 4 aromatic rings. The van der Waals surface area contributed by atoms with Crippen molar-refractivity contribution in [3.05, 3.63) is 81.8 Å². The molecule has 4 nitrogen and oxygen atoms in total. The third-order valence-electron chi connectivity index (χ3n) is 6.86. The Hall–Kier alpha value is -2.60. The Labute approximate surface area is 203 Å². The lowest BCUT2D eigenvalue weighted by atomic mass is 9.89. The van der Waals surface area contributed by atoms with Gasteiger partial charge in [0.05, 0.1) is 0 Å². The van der Waals surface area contributed by atoms with Crippen molar-refractivity contribution in [3.63, 3.8) is 0 Å². The number of carbonyl (C=O) groups excluding carboxylic acids is 1. The molecule has 5 rings (SSSR count). The number of carbonyl (C=O) groups is 1. The molecule has 2 aromatic heterocycles. The van der Waals surface area contributed by atoms with Crippen LogP contribution < -0.4 is 4.90 Å². The van der Waals surface area contributed by atoms with Gasteiger partial charge in [-0.3, -0.25) is 9.69 Å². The highest BCUT2D eigenvalue weighted by molar-refractivity contribution is 7.14. The minimum Gasteiger partial charge on any atom is -0.361 e. The van der Waals surface area contributed by atoms with Crippen LogP contribution in [0.15, 0.2) is 60.1 Å². The van der Waals surface area contributed by atoms with Gasteiger partial charge < -0.3 is 9.88 Å². The van der Waals surface area contributed by atoms with Gasteiger partial charge in [0, 0.05) is 34.4 Å². The summed E-state index contributed by atoms with van der Waals surface area (Å²) in [5, 5.41) is 5.00. The number of nitrogens with zero attached hydrogens (tertiary/aromatic N) is 2. The smallest absolute Gasteiger partial charge is 0.219 e. The van der Waals surface area contributed by atoms with E-state index in [-0.39, 0.29) is 0 Å². The Morgan fingerprint density at radius 3 is 2.79 bits per heavy atom. The van der Waals surface area contributed by atoms with Gasteiger partial charge in [-0.05, 0) is 110 Å². The van der Waals surface area contributed by atoms with Crippen molar-refractivity contribution in [3.8, 4) is 0 Å². The minimum absolute atomic E-state index is 0.575. The highest BCUT2D eigenvalue weighted by Crippen LogP contribution is 2.34. The maximum absolute atomic E-state index is 11.7. The first-order valence-corrected chi connectivity index (χ1v) is 12.7. The molecule has 1 aliphatic rings. The molecule has 0 saturated carbocycles. The zero-order valence-electron chi connectivity index (χ0n) is 18.8. The van der Waals surface area contributed by atoms with Gasteiger partial charge in [0.1, 0.15) is 5.00 Å². The number of amides is 1. The predicted octanol–water partition coefficient (Wildman–Crippen LogP) is 6.91. The van der Waals surface area contributed by atoms with E-state index in [2.05, 4.69) is 47.3 Å². The Bertz CT molecular complexity index is 1240. The average molecular weight is 478 g/mol. The number of H-pyrrole nitrogens is 1. The third kappa shape index (κ3) is 4.72. The average Bonchev–Trinajstić information content (AvgIpc) is 3.50. The number of piperidine rings is 1. The molecule has 0 radical (unpaired) electrons. The molecule has 3 heterocycles. The summed E-state index contributed by atoms with van der Waals surface area (Å²) in [4.78, 5) is 19.5. The van der Waals surface area contributed by atoms with E-state index >= 15 is 0 Å². The molecule has 0 bridgehead atoms. The van der Waals surface area contributed by atoms with E-state index in [9.17, 15) is 4.79 Å². The van der Waals surface area contributed by atoms with E-state index < -0.39 is 0 Å². The third-order valence-corrected chi connectivity index (χ3v) is 7.96. The Morgan fingerprint density at radius 1 is 1.18 bits per heavy atom. The molecule has 6 heteroatoms. The zero-order valence-corrected chi connectivity index (χ0v) is 20.3. The summed E-state index contributed by atoms with van der Waals surface area (Å²) in [6, 6.07) is 16.4. The number of nitrogens with one attached hydrogen (secondary N) is 1. The minimum atomic E-state index is 0.575. The van der Waals surface area contributed by atoms with E-state index in [4.69, 9.17) is 11.6 Å². The highest BCUT2D eigenvalue weighted by Gasteiger charge is 2.23. The number of hydrogen-bond donors (Lipinski definition) is 1.